The third-order valence-electron chi connectivity index (χ3n) is 4.76. The molecule has 1 aliphatic rings. The van der Waals surface area contributed by atoms with Gasteiger partial charge in [0.15, 0.2) is 0 Å². The second kappa shape index (κ2) is 11.1. The topological polar surface area (TPSA) is 70.2 Å². The molecular weight excluding hydrogens is 397 g/mol. The highest BCUT2D eigenvalue weighted by Gasteiger charge is 2.16. The molecule has 3 rings (SSSR count). The molecule has 7 heteroatoms. The molecule has 0 aliphatic carbocycles. The van der Waals surface area contributed by atoms with Crippen LogP contribution < -0.4 is 16.0 Å². The molecule has 150 valence electrons. The van der Waals surface area contributed by atoms with E-state index in [-0.39, 0.29) is 24.2 Å². The zero-order chi connectivity index (χ0) is 19.1. The molecule has 0 saturated carbocycles. The summed E-state index contributed by atoms with van der Waals surface area (Å²) in [6, 6.07) is 13.7. The van der Waals surface area contributed by atoms with Gasteiger partial charge in [-0.15, -0.1) is 12.4 Å². The SMILES string of the molecule is Cl.O=C(Nc1ccccc1C(=O)NCCC1CCCNC1)c1ccc(Cl)cc1. The number of amides is 2. The molecule has 2 aromatic carbocycles. The third-order valence-corrected chi connectivity index (χ3v) is 5.02. The molecule has 3 N–H and O–H groups in total. The maximum atomic E-state index is 12.6. The van der Waals surface area contributed by atoms with Gasteiger partial charge in [0.25, 0.3) is 11.8 Å². The Morgan fingerprint density at radius 1 is 1.07 bits per heavy atom. The van der Waals surface area contributed by atoms with Crippen LogP contribution in [0.1, 0.15) is 40.0 Å². The van der Waals surface area contributed by atoms with E-state index >= 15 is 0 Å². The van der Waals surface area contributed by atoms with Crippen molar-refractivity contribution in [2.24, 2.45) is 5.92 Å². The Bertz CT molecular complexity index is 790. The molecule has 0 aromatic heterocycles. The number of carbonyl (C=O) groups excluding carboxylic acids is 2. The van der Waals surface area contributed by atoms with Gasteiger partial charge in [0.05, 0.1) is 11.3 Å². The molecule has 0 radical (unpaired) electrons. The highest BCUT2D eigenvalue weighted by Crippen LogP contribution is 2.18. The van der Waals surface area contributed by atoms with E-state index in [9.17, 15) is 9.59 Å². The number of hydrogen-bond acceptors (Lipinski definition) is 3. The molecule has 1 aliphatic heterocycles. The molecule has 28 heavy (non-hydrogen) atoms. The van der Waals surface area contributed by atoms with E-state index in [0.717, 1.165) is 19.5 Å². The number of rotatable bonds is 6. The first-order valence-corrected chi connectivity index (χ1v) is 9.66. The van der Waals surface area contributed by atoms with Crippen molar-refractivity contribution >= 4 is 41.5 Å². The van der Waals surface area contributed by atoms with Crippen molar-refractivity contribution in [3.8, 4) is 0 Å². The van der Waals surface area contributed by atoms with E-state index in [1.54, 1.807) is 48.5 Å². The number of piperidine rings is 1. The smallest absolute Gasteiger partial charge is 0.255 e. The van der Waals surface area contributed by atoms with Gasteiger partial charge in [0, 0.05) is 17.1 Å². The van der Waals surface area contributed by atoms with E-state index in [4.69, 9.17) is 11.6 Å². The zero-order valence-corrected chi connectivity index (χ0v) is 17.1. The van der Waals surface area contributed by atoms with Crippen LogP contribution in [0.15, 0.2) is 48.5 Å². The summed E-state index contributed by atoms with van der Waals surface area (Å²) in [4.78, 5) is 25.0. The van der Waals surface area contributed by atoms with Gasteiger partial charge < -0.3 is 16.0 Å². The normalized spacial score (nSPS) is 16.0. The van der Waals surface area contributed by atoms with Crippen LogP contribution in [-0.2, 0) is 0 Å². The van der Waals surface area contributed by atoms with Gasteiger partial charge in [-0.05, 0) is 74.7 Å². The first-order chi connectivity index (χ1) is 13.1. The second-order valence-corrected chi connectivity index (χ2v) is 7.20. The second-order valence-electron chi connectivity index (χ2n) is 6.76. The summed E-state index contributed by atoms with van der Waals surface area (Å²) < 4.78 is 0. The summed E-state index contributed by atoms with van der Waals surface area (Å²) in [6.45, 7) is 2.73. The highest BCUT2D eigenvalue weighted by atomic mass is 35.5. The van der Waals surface area contributed by atoms with Crippen molar-refractivity contribution in [2.45, 2.75) is 19.3 Å². The summed E-state index contributed by atoms with van der Waals surface area (Å²) in [5.41, 5.74) is 1.44. The Hall–Kier alpha value is -2.08. The van der Waals surface area contributed by atoms with Gasteiger partial charge in [-0.2, -0.15) is 0 Å². The minimum atomic E-state index is -0.278. The Morgan fingerprint density at radius 2 is 1.82 bits per heavy atom. The van der Waals surface area contributed by atoms with Crippen LogP contribution in [0.4, 0.5) is 5.69 Å². The van der Waals surface area contributed by atoms with Crippen LogP contribution in [0.3, 0.4) is 0 Å². The summed E-state index contributed by atoms with van der Waals surface area (Å²) in [6.07, 6.45) is 3.35. The summed E-state index contributed by atoms with van der Waals surface area (Å²) in [5, 5.41) is 9.74. The van der Waals surface area contributed by atoms with E-state index in [1.165, 1.54) is 12.8 Å². The predicted molar refractivity (Wildman–Crippen MR) is 116 cm³/mol. The summed E-state index contributed by atoms with van der Waals surface area (Å²) >= 11 is 5.86. The van der Waals surface area contributed by atoms with Gasteiger partial charge >= 0.3 is 0 Å². The lowest BCUT2D eigenvalue weighted by Crippen LogP contribution is -2.33. The van der Waals surface area contributed by atoms with Crippen molar-refractivity contribution in [1.29, 1.82) is 0 Å². The van der Waals surface area contributed by atoms with Crippen molar-refractivity contribution in [1.82, 2.24) is 10.6 Å². The maximum absolute atomic E-state index is 12.6. The Labute approximate surface area is 176 Å². The minimum absolute atomic E-state index is 0. The lowest BCUT2D eigenvalue weighted by molar-refractivity contribution is 0.0951. The van der Waals surface area contributed by atoms with E-state index in [1.807, 2.05) is 0 Å². The fraction of sp³-hybridized carbons (Fsp3) is 0.333. The largest absolute Gasteiger partial charge is 0.352 e. The molecule has 0 bridgehead atoms. The first kappa shape index (κ1) is 22.2. The highest BCUT2D eigenvalue weighted by molar-refractivity contribution is 6.30. The molecule has 1 atom stereocenters. The third kappa shape index (κ3) is 6.23. The molecule has 1 fully saturated rings. The monoisotopic (exact) mass is 421 g/mol. The number of anilines is 1. The Balaban J connectivity index is 0.00000280. The number of halogens is 2. The van der Waals surface area contributed by atoms with Crippen molar-refractivity contribution < 1.29 is 9.59 Å². The van der Waals surface area contributed by atoms with E-state index in [0.29, 0.717) is 34.3 Å². The first-order valence-electron chi connectivity index (χ1n) is 9.28. The maximum Gasteiger partial charge on any atom is 0.255 e. The van der Waals surface area contributed by atoms with Gasteiger partial charge in [-0.3, -0.25) is 9.59 Å². The predicted octanol–water partition coefficient (Wildman–Crippen LogP) is 4.13. The van der Waals surface area contributed by atoms with Crippen LogP contribution >= 0.6 is 24.0 Å². The Morgan fingerprint density at radius 3 is 2.54 bits per heavy atom. The van der Waals surface area contributed by atoms with Crippen molar-refractivity contribution in [3.05, 3.63) is 64.7 Å². The van der Waals surface area contributed by atoms with Crippen molar-refractivity contribution in [3.63, 3.8) is 0 Å². The zero-order valence-electron chi connectivity index (χ0n) is 15.5. The number of para-hydroxylation sites is 1. The molecule has 2 amide bonds. The Kier molecular flexibility index (Phi) is 8.77. The standard InChI is InChI=1S/C21H24ClN3O2.ClH/c22-17-9-7-16(8-10-17)20(26)25-19-6-2-1-5-18(19)21(27)24-13-11-15-4-3-12-23-14-15;/h1-2,5-10,15,23H,3-4,11-14H2,(H,24,27)(H,25,26);1H. The van der Waals surface area contributed by atoms with Crippen molar-refractivity contribution in [2.75, 3.05) is 25.0 Å². The minimum Gasteiger partial charge on any atom is -0.352 e. The average Bonchev–Trinajstić information content (AvgIpc) is 2.69. The molecule has 1 heterocycles. The molecule has 1 saturated heterocycles. The van der Waals surface area contributed by atoms with Gasteiger partial charge in [-0.1, -0.05) is 23.7 Å². The average molecular weight is 422 g/mol. The van der Waals surface area contributed by atoms with Crippen LogP contribution in [0.25, 0.3) is 0 Å². The molecule has 2 aromatic rings. The lowest BCUT2D eigenvalue weighted by atomic mass is 9.96. The fourth-order valence-corrected chi connectivity index (χ4v) is 3.37. The van der Waals surface area contributed by atoms with Crippen LogP contribution in [-0.4, -0.2) is 31.4 Å². The number of hydrogen-bond donors (Lipinski definition) is 3. The quantitative estimate of drug-likeness (QED) is 0.656. The van der Waals surface area contributed by atoms with Crippen LogP contribution in [0, 0.1) is 5.92 Å². The van der Waals surface area contributed by atoms with Gasteiger partial charge in [0.1, 0.15) is 0 Å². The van der Waals surface area contributed by atoms with Crippen LogP contribution in [0.2, 0.25) is 5.02 Å². The molecule has 5 nitrogen and oxygen atoms in total. The lowest BCUT2D eigenvalue weighted by Gasteiger charge is -2.22. The van der Waals surface area contributed by atoms with Crippen LogP contribution in [0.5, 0.6) is 0 Å². The van der Waals surface area contributed by atoms with Gasteiger partial charge in [0.2, 0.25) is 0 Å². The number of benzene rings is 2. The molecule has 0 spiro atoms. The summed E-state index contributed by atoms with van der Waals surface area (Å²) in [7, 11) is 0. The van der Waals surface area contributed by atoms with E-state index in [2.05, 4.69) is 16.0 Å². The summed E-state index contributed by atoms with van der Waals surface area (Å²) in [5.74, 6) is 0.157. The van der Waals surface area contributed by atoms with E-state index < -0.39 is 0 Å². The number of carbonyl (C=O) groups is 2. The fourth-order valence-electron chi connectivity index (χ4n) is 3.24. The van der Waals surface area contributed by atoms with Gasteiger partial charge in [-0.25, -0.2) is 0 Å². The number of nitrogens with one attached hydrogen (secondary N) is 3. The molecule has 1 unspecified atom stereocenters. The molecular formula is C21H25Cl2N3O2.